The van der Waals surface area contributed by atoms with Crippen LogP contribution in [0, 0.1) is 0 Å². The van der Waals surface area contributed by atoms with Crippen molar-refractivity contribution >= 4 is 27.6 Å². The standard InChI is InChI=1S/C13H16BrNO3/c1-13(5-2-6-18-13)8-15-11-7-9(14)3-4-10(11)12(16)17/h3-4,7,15H,2,5-6,8H2,1H3,(H,16,17). The molecular formula is C13H16BrNO3. The highest BCUT2D eigenvalue weighted by Crippen LogP contribution is 2.27. The second kappa shape index (κ2) is 5.28. The van der Waals surface area contributed by atoms with Crippen LogP contribution in [0.25, 0.3) is 0 Å². The molecule has 1 aliphatic heterocycles. The summed E-state index contributed by atoms with van der Waals surface area (Å²) in [5, 5.41) is 12.3. The third kappa shape index (κ3) is 3.03. The zero-order valence-electron chi connectivity index (χ0n) is 10.2. The van der Waals surface area contributed by atoms with Crippen LogP contribution in [0.1, 0.15) is 30.1 Å². The van der Waals surface area contributed by atoms with Gasteiger partial charge in [-0.15, -0.1) is 0 Å². The predicted octanol–water partition coefficient (Wildman–Crippen LogP) is 3.13. The minimum Gasteiger partial charge on any atom is -0.478 e. The van der Waals surface area contributed by atoms with Crippen LogP contribution in [0.5, 0.6) is 0 Å². The number of ether oxygens (including phenoxy) is 1. The average Bonchev–Trinajstić information content (AvgIpc) is 2.74. The third-order valence-corrected chi connectivity index (χ3v) is 3.66. The van der Waals surface area contributed by atoms with Crippen molar-refractivity contribution in [1.82, 2.24) is 0 Å². The van der Waals surface area contributed by atoms with E-state index >= 15 is 0 Å². The number of carboxylic acids is 1. The maximum Gasteiger partial charge on any atom is 0.337 e. The molecule has 1 atom stereocenters. The lowest BCUT2D eigenvalue weighted by Crippen LogP contribution is -2.32. The summed E-state index contributed by atoms with van der Waals surface area (Å²) in [5.74, 6) is -0.928. The van der Waals surface area contributed by atoms with Crippen molar-refractivity contribution in [3.8, 4) is 0 Å². The summed E-state index contributed by atoms with van der Waals surface area (Å²) < 4.78 is 6.53. The van der Waals surface area contributed by atoms with Gasteiger partial charge >= 0.3 is 5.97 Å². The van der Waals surface area contributed by atoms with Gasteiger partial charge in [-0.3, -0.25) is 0 Å². The Morgan fingerprint density at radius 1 is 1.61 bits per heavy atom. The summed E-state index contributed by atoms with van der Waals surface area (Å²) in [6.07, 6.45) is 2.05. The Labute approximate surface area is 114 Å². The summed E-state index contributed by atoms with van der Waals surface area (Å²) in [5.41, 5.74) is 0.700. The molecular weight excluding hydrogens is 298 g/mol. The molecule has 1 unspecified atom stereocenters. The zero-order chi connectivity index (χ0) is 13.2. The lowest BCUT2D eigenvalue weighted by Gasteiger charge is -2.24. The highest BCUT2D eigenvalue weighted by Gasteiger charge is 2.29. The van der Waals surface area contributed by atoms with Gasteiger partial charge in [-0.1, -0.05) is 15.9 Å². The minimum atomic E-state index is -0.928. The Bertz CT molecular complexity index is 456. The number of rotatable bonds is 4. The van der Waals surface area contributed by atoms with E-state index in [4.69, 9.17) is 9.84 Å². The van der Waals surface area contributed by atoms with Gasteiger partial charge in [0.2, 0.25) is 0 Å². The number of anilines is 1. The molecule has 18 heavy (non-hydrogen) atoms. The number of benzene rings is 1. The topological polar surface area (TPSA) is 58.6 Å². The number of nitrogens with one attached hydrogen (secondary N) is 1. The molecule has 5 heteroatoms. The normalized spacial score (nSPS) is 23.0. The molecule has 1 saturated heterocycles. The molecule has 0 saturated carbocycles. The summed E-state index contributed by atoms with van der Waals surface area (Å²) in [6, 6.07) is 5.09. The van der Waals surface area contributed by atoms with Crippen LogP contribution in [-0.2, 0) is 4.74 Å². The van der Waals surface area contributed by atoms with E-state index in [-0.39, 0.29) is 11.2 Å². The molecule has 0 bridgehead atoms. The van der Waals surface area contributed by atoms with Gasteiger partial charge in [-0.05, 0) is 38.0 Å². The maximum atomic E-state index is 11.1. The molecule has 0 aromatic heterocycles. The SMILES string of the molecule is CC1(CNc2cc(Br)ccc2C(=O)O)CCCO1. The first-order valence-corrected chi connectivity index (χ1v) is 6.70. The molecule has 4 nitrogen and oxygen atoms in total. The molecule has 0 amide bonds. The van der Waals surface area contributed by atoms with Gasteiger partial charge < -0.3 is 15.2 Å². The van der Waals surface area contributed by atoms with Crippen LogP contribution >= 0.6 is 15.9 Å². The fraction of sp³-hybridized carbons (Fsp3) is 0.462. The van der Waals surface area contributed by atoms with E-state index < -0.39 is 5.97 Å². The van der Waals surface area contributed by atoms with Crippen molar-refractivity contribution in [2.75, 3.05) is 18.5 Å². The molecule has 1 aliphatic rings. The molecule has 1 aromatic carbocycles. The monoisotopic (exact) mass is 313 g/mol. The van der Waals surface area contributed by atoms with E-state index in [0.717, 1.165) is 23.9 Å². The van der Waals surface area contributed by atoms with Gasteiger partial charge in [0, 0.05) is 23.3 Å². The highest BCUT2D eigenvalue weighted by atomic mass is 79.9. The highest BCUT2D eigenvalue weighted by molar-refractivity contribution is 9.10. The summed E-state index contributed by atoms with van der Waals surface area (Å²) in [7, 11) is 0. The van der Waals surface area contributed by atoms with Crippen molar-refractivity contribution in [2.24, 2.45) is 0 Å². The molecule has 0 aliphatic carbocycles. The van der Waals surface area contributed by atoms with Crippen LogP contribution in [0.3, 0.4) is 0 Å². The Morgan fingerprint density at radius 3 is 3.00 bits per heavy atom. The van der Waals surface area contributed by atoms with E-state index in [1.807, 2.05) is 6.92 Å². The van der Waals surface area contributed by atoms with Gasteiger partial charge in [-0.25, -0.2) is 4.79 Å². The van der Waals surface area contributed by atoms with Crippen LogP contribution in [0.2, 0.25) is 0 Å². The zero-order valence-corrected chi connectivity index (χ0v) is 11.8. The maximum absolute atomic E-state index is 11.1. The molecule has 1 heterocycles. The second-order valence-corrected chi connectivity index (χ2v) is 5.67. The van der Waals surface area contributed by atoms with E-state index in [2.05, 4.69) is 21.2 Å². The van der Waals surface area contributed by atoms with E-state index in [0.29, 0.717) is 12.2 Å². The van der Waals surface area contributed by atoms with E-state index in [9.17, 15) is 4.79 Å². The van der Waals surface area contributed by atoms with Crippen LogP contribution < -0.4 is 5.32 Å². The minimum absolute atomic E-state index is 0.196. The molecule has 1 aromatic rings. The average molecular weight is 314 g/mol. The molecule has 0 radical (unpaired) electrons. The molecule has 1 fully saturated rings. The first-order chi connectivity index (χ1) is 8.50. The lowest BCUT2D eigenvalue weighted by molar-refractivity contribution is 0.0314. The number of hydrogen-bond donors (Lipinski definition) is 2. The molecule has 0 spiro atoms. The predicted molar refractivity (Wildman–Crippen MR) is 73.2 cm³/mol. The number of carboxylic acid groups (broad SMARTS) is 1. The van der Waals surface area contributed by atoms with Crippen molar-refractivity contribution in [2.45, 2.75) is 25.4 Å². The lowest BCUT2D eigenvalue weighted by atomic mass is 10.0. The van der Waals surface area contributed by atoms with E-state index in [1.54, 1.807) is 18.2 Å². The van der Waals surface area contributed by atoms with Crippen molar-refractivity contribution in [3.05, 3.63) is 28.2 Å². The fourth-order valence-electron chi connectivity index (χ4n) is 2.11. The van der Waals surface area contributed by atoms with Crippen molar-refractivity contribution < 1.29 is 14.6 Å². The molecule has 2 N–H and O–H groups in total. The first kappa shape index (κ1) is 13.4. The van der Waals surface area contributed by atoms with Crippen molar-refractivity contribution in [1.29, 1.82) is 0 Å². The van der Waals surface area contributed by atoms with Gasteiger partial charge in [0.25, 0.3) is 0 Å². The summed E-state index contributed by atoms with van der Waals surface area (Å²) in [4.78, 5) is 11.1. The first-order valence-electron chi connectivity index (χ1n) is 5.91. The van der Waals surface area contributed by atoms with Gasteiger partial charge in [0.1, 0.15) is 0 Å². The third-order valence-electron chi connectivity index (χ3n) is 3.17. The quantitative estimate of drug-likeness (QED) is 0.896. The largest absolute Gasteiger partial charge is 0.478 e. The number of hydrogen-bond acceptors (Lipinski definition) is 3. The molecule has 98 valence electrons. The number of carbonyl (C=O) groups is 1. The smallest absolute Gasteiger partial charge is 0.337 e. The van der Waals surface area contributed by atoms with Gasteiger partial charge in [0.05, 0.1) is 11.2 Å². The Hall–Kier alpha value is -1.07. The number of aromatic carboxylic acids is 1. The van der Waals surface area contributed by atoms with E-state index in [1.165, 1.54) is 0 Å². The number of halogens is 1. The Morgan fingerprint density at radius 2 is 2.39 bits per heavy atom. The van der Waals surface area contributed by atoms with Crippen LogP contribution in [0.15, 0.2) is 22.7 Å². The van der Waals surface area contributed by atoms with Gasteiger partial charge in [-0.2, -0.15) is 0 Å². The molecule has 2 rings (SSSR count). The summed E-state index contributed by atoms with van der Waals surface area (Å²) >= 11 is 3.35. The fourth-order valence-corrected chi connectivity index (χ4v) is 2.47. The van der Waals surface area contributed by atoms with Crippen LogP contribution in [-0.4, -0.2) is 29.8 Å². The summed E-state index contributed by atoms with van der Waals surface area (Å²) in [6.45, 7) is 3.44. The Kier molecular flexibility index (Phi) is 3.92. The Balaban J connectivity index is 2.12. The second-order valence-electron chi connectivity index (χ2n) is 4.75. The van der Waals surface area contributed by atoms with Crippen molar-refractivity contribution in [3.63, 3.8) is 0 Å². The van der Waals surface area contributed by atoms with Gasteiger partial charge in [0.15, 0.2) is 0 Å². The van der Waals surface area contributed by atoms with Crippen LogP contribution in [0.4, 0.5) is 5.69 Å².